The second-order valence-corrected chi connectivity index (χ2v) is 7.46. The zero-order valence-corrected chi connectivity index (χ0v) is 17.4. The number of para-hydroxylation sites is 1. The summed E-state index contributed by atoms with van der Waals surface area (Å²) in [4.78, 5) is 16.2. The first-order chi connectivity index (χ1) is 14.0. The van der Waals surface area contributed by atoms with Gasteiger partial charge in [-0.1, -0.05) is 18.2 Å². The molecule has 1 saturated heterocycles. The van der Waals surface area contributed by atoms with Crippen molar-refractivity contribution in [3.63, 3.8) is 0 Å². The van der Waals surface area contributed by atoms with Gasteiger partial charge in [0.15, 0.2) is 17.3 Å². The first kappa shape index (κ1) is 21.1. The number of aliphatic hydroxyl groups is 1. The zero-order chi connectivity index (χ0) is 20.8. The van der Waals surface area contributed by atoms with Gasteiger partial charge in [-0.05, 0) is 43.7 Å². The highest BCUT2D eigenvalue weighted by Crippen LogP contribution is 2.28. The third-order valence-electron chi connectivity index (χ3n) is 5.30. The quantitative estimate of drug-likeness (QED) is 0.690. The normalized spacial score (nSPS) is 15.8. The van der Waals surface area contributed by atoms with Crippen LogP contribution in [0.1, 0.15) is 22.8 Å². The minimum Gasteiger partial charge on any atom is -0.493 e. The van der Waals surface area contributed by atoms with Crippen LogP contribution >= 0.6 is 0 Å². The standard InChI is InChI=1S/C23H30N2O4/c1-17-6-4-5-7-21(17)25-12-10-24(11-13-25)15-20(27)16-29-22-9-8-19(18(2)26)14-23(22)28-3/h4-9,14,20,27H,10-13,15-16H2,1-3H3/t20-/m1/s1. The van der Waals surface area contributed by atoms with E-state index in [9.17, 15) is 9.90 Å². The number of benzene rings is 2. The Hall–Kier alpha value is -2.57. The molecule has 1 heterocycles. The van der Waals surface area contributed by atoms with Crippen molar-refractivity contribution in [2.45, 2.75) is 20.0 Å². The highest BCUT2D eigenvalue weighted by atomic mass is 16.5. The minimum absolute atomic E-state index is 0.0280. The molecule has 1 aliphatic heterocycles. The van der Waals surface area contributed by atoms with Crippen LogP contribution in [0.2, 0.25) is 0 Å². The van der Waals surface area contributed by atoms with Gasteiger partial charge < -0.3 is 19.5 Å². The summed E-state index contributed by atoms with van der Waals surface area (Å²) in [6.07, 6.45) is -0.600. The van der Waals surface area contributed by atoms with Crippen molar-refractivity contribution in [1.29, 1.82) is 0 Å². The Balaban J connectivity index is 1.48. The first-order valence-electron chi connectivity index (χ1n) is 10.0. The molecule has 0 unspecified atom stereocenters. The Morgan fingerprint density at radius 3 is 2.48 bits per heavy atom. The molecule has 2 aromatic carbocycles. The van der Waals surface area contributed by atoms with Crippen molar-refractivity contribution in [3.8, 4) is 11.5 Å². The number of ether oxygens (including phenoxy) is 2. The van der Waals surface area contributed by atoms with E-state index in [1.54, 1.807) is 18.2 Å². The second kappa shape index (κ2) is 9.76. The van der Waals surface area contributed by atoms with Crippen molar-refractivity contribution >= 4 is 11.5 Å². The molecule has 156 valence electrons. The number of piperazine rings is 1. The van der Waals surface area contributed by atoms with Crippen LogP contribution < -0.4 is 14.4 Å². The average molecular weight is 399 g/mol. The largest absolute Gasteiger partial charge is 0.493 e. The van der Waals surface area contributed by atoms with Crippen molar-refractivity contribution in [1.82, 2.24) is 4.90 Å². The van der Waals surface area contributed by atoms with Crippen LogP contribution in [-0.4, -0.2) is 68.3 Å². The Morgan fingerprint density at radius 1 is 1.10 bits per heavy atom. The van der Waals surface area contributed by atoms with Gasteiger partial charge in [-0.2, -0.15) is 0 Å². The van der Waals surface area contributed by atoms with Crippen LogP contribution in [0.25, 0.3) is 0 Å². The second-order valence-electron chi connectivity index (χ2n) is 7.46. The molecule has 0 saturated carbocycles. The number of methoxy groups -OCH3 is 1. The third-order valence-corrected chi connectivity index (χ3v) is 5.30. The molecule has 1 fully saturated rings. The smallest absolute Gasteiger partial charge is 0.161 e. The fraction of sp³-hybridized carbons (Fsp3) is 0.435. The van der Waals surface area contributed by atoms with E-state index in [2.05, 4.69) is 41.0 Å². The molecule has 0 aromatic heterocycles. The Kier molecular flexibility index (Phi) is 7.12. The van der Waals surface area contributed by atoms with Gasteiger partial charge in [0.2, 0.25) is 0 Å². The van der Waals surface area contributed by atoms with Crippen molar-refractivity contribution in [2.75, 3.05) is 51.3 Å². The van der Waals surface area contributed by atoms with Crippen LogP contribution in [0.3, 0.4) is 0 Å². The molecule has 0 bridgehead atoms. The number of carbonyl (C=O) groups excluding carboxylic acids is 1. The van der Waals surface area contributed by atoms with E-state index in [0.29, 0.717) is 23.6 Å². The number of β-amino-alcohol motifs (C(OH)–C–C–N with tert-alkyl or cyclic N) is 1. The van der Waals surface area contributed by atoms with Crippen LogP contribution in [-0.2, 0) is 0 Å². The van der Waals surface area contributed by atoms with Gasteiger partial charge in [-0.3, -0.25) is 9.69 Å². The summed E-state index contributed by atoms with van der Waals surface area (Å²) in [6.45, 7) is 8.09. The molecule has 3 rings (SSSR count). The lowest BCUT2D eigenvalue weighted by Crippen LogP contribution is -2.49. The predicted molar refractivity (Wildman–Crippen MR) is 114 cm³/mol. The van der Waals surface area contributed by atoms with Crippen LogP contribution in [0.15, 0.2) is 42.5 Å². The van der Waals surface area contributed by atoms with E-state index in [1.807, 2.05) is 0 Å². The number of anilines is 1. The van der Waals surface area contributed by atoms with E-state index in [-0.39, 0.29) is 12.4 Å². The number of carbonyl (C=O) groups is 1. The molecular formula is C23H30N2O4. The Morgan fingerprint density at radius 2 is 1.83 bits per heavy atom. The minimum atomic E-state index is -0.600. The number of rotatable bonds is 8. The summed E-state index contributed by atoms with van der Waals surface area (Å²) in [6, 6.07) is 13.5. The third kappa shape index (κ3) is 5.49. The maximum Gasteiger partial charge on any atom is 0.161 e. The van der Waals surface area contributed by atoms with Gasteiger partial charge in [0.25, 0.3) is 0 Å². The molecule has 6 heteroatoms. The molecular weight excluding hydrogens is 368 g/mol. The molecule has 2 aromatic rings. The van der Waals surface area contributed by atoms with Gasteiger partial charge >= 0.3 is 0 Å². The van der Waals surface area contributed by atoms with Gasteiger partial charge in [0.1, 0.15) is 12.7 Å². The number of hydrogen-bond donors (Lipinski definition) is 1. The molecule has 6 nitrogen and oxygen atoms in total. The summed E-state index contributed by atoms with van der Waals surface area (Å²) in [5, 5.41) is 10.4. The van der Waals surface area contributed by atoms with Crippen LogP contribution in [0.4, 0.5) is 5.69 Å². The van der Waals surface area contributed by atoms with E-state index in [0.717, 1.165) is 26.2 Å². The number of ketones is 1. The lowest BCUT2D eigenvalue weighted by Gasteiger charge is -2.37. The molecule has 1 aliphatic rings. The van der Waals surface area contributed by atoms with Crippen molar-refractivity contribution in [3.05, 3.63) is 53.6 Å². The van der Waals surface area contributed by atoms with E-state index in [4.69, 9.17) is 9.47 Å². The highest BCUT2D eigenvalue weighted by molar-refractivity contribution is 5.94. The fourth-order valence-corrected chi connectivity index (χ4v) is 3.63. The van der Waals surface area contributed by atoms with E-state index in [1.165, 1.54) is 25.3 Å². The molecule has 29 heavy (non-hydrogen) atoms. The summed E-state index contributed by atoms with van der Waals surface area (Å²) in [7, 11) is 1.54. The van der Waals surface area contributed by atoms with Gasteiger partial charge in [0, 0.05) is 44.0 Å². The number of aryl methyl sites for hydroxylation is 1. The molecule has 1 atom stereocenters. The summed E-state index contributed by atoms with van der Waals surface area (Å²) < 4.78 is 11.1. The lowest BCUT2D eigenvalue weighted by molar-refractivity contribution is 0.0653. The fourth-order valence-electron chi connectivity index (χ4n) is 3.63. The topological polar surface area (TPSA) is 62.2 Å². The van der Waals surface area contributed by atoms with Crippen molar-refractivity contribution in [2.24, 2.45) is 0 Å². The van der Waals surface area contributed by atoms with E-state index < -0.39 is 6.10 Å². The number of Topliss-reactive ketones (excluding diaryl/α,β-unsaturated/α-hetero) is 1. The first-order valence-corrected chi connectivity index (χ1v) is 10.0. The SMILES string of the molecule is COc1cc(C(C)=O)ccc1OC[C@H](O)CN1CCN(c2ccccc2C)CC1. The maximum atomic E-state index is 11.5. The average Bonchev–Trinajstić information content (AvgIpc) is 2.73. The molecule has 0 aliphatic carbocycles. The predicted octanol–water partition coefficient (Wildman–Crippen LogP) is 2.77. The molecule has 0 radical (unpaired) electrons. The lowest BCUT2D eigenvalue weighted by atomic mass is 10.1. The maximum absolute atomic E-state index is 11.5. The van der Waals surface area contributed by atoms with Crippen LogP contribution in [0, 0.1) is 6.92 Å². The molecule has 0 spiro atoms. The highest BCUT2D eigenvalue weighted by Gasteiger charge is 2.21. The van der Waals surface area contributed by atoms with Gasteiger partial charge in [-0.15, -0.1) is 0 Å². The van der Waals surface area contributed by atoms with E-state index >= 15 is 0 Å². The summed E-state index contributed by atoms with van der Waals surface area (Å²) >= 11 is 0. The Labute approximate surface area is 172 Å². The molecule has 1 N–H and O–H groups in total. The number of nitrogens with zero attached hydrogens (tertiary/aromatic N) is 2. The van der Waals surface area contributed by atoms with Crippen LogP contribution in [0.5, 0.6) is 11.5 Å². The Bertz CT molecular complexity index is 831. The van der Waals surface area contributed by atoms with Gasteiger partial charge in [-0.25, -0.2) is 0 Å². The van der Waals surface area contributed by atoms with Gasteiger partial charge in [0.05, 0.1) is 7.11 Å². The number of hydrogen-bond acceptors (Lipinski definition) is 6. The zero-order valence-electron chi connectivity index (χ0n) is 17.4. The summed E-state index contributed by atoms with van der Waals surface area (Å²) in [5.74, 6) is 0.998. The monoisotopic (exact) mass is 398 g/mol. The molecule has 0 amide bonds. The number of aliphatic hydroxyl groups excluding tert-OH is 1. The van der Waals surface area contributed by atoms with Crippen molar-refractivity contribution < 1.29 is 19.4 Å². The summed E-state index contributed by atoms with van der Waals surface area (Å²) in [5.41, 5.74) is 3.15.